The average molecular weight is 116 g/mol. The van der Waals surface area contributed by atoms with Crippen LogP contribution in [0.15, 0.2) is 0 Å². The second kappa shape index (κ2) is 4.59. The molecule has 1 unspecified atom stereocenters. The summed E-state index contributed by atoms with van der Waals surface area (Å²) in [5.74, 6) is 0. The number of methoxy groups -OCH3 is 1. The molecule has 1 N–H and O–H groups in total. The van der Waals surface area contributed by atoms with Crippen molar-refractivity contribution in [3.63, 3.8) is 0 Å². The van der Waals surface area contributed by atoms with E-state index < -0.39 is 0 Å². The number of amides is 1. The van der Waals surface area contributed by atoms with Crippen molar-refractivity contribution in [2.45, 2.75) is 19.6 Å². The van der Waals surface area contributed by atoms with E-state index in [0.717, 1.165) is 6.42 Å². The number of carbonyl (C=O) groups excluding carboxylic acids is 1. The van der Waals surface area contributed by atoms with Crippen LogP contribution in [0, 0.1) is 0 Å². The van der Waals surface area contributed by atoms with Crippen molar-refractivity contribution in [2.24, 2.45) is 0 Å². The van der Waals surface area contributed by atoms with Gasteiger partial charge in [-0.1, -0.05) is 6.92 Å². The van der Waals surface area contributed by atoms with Gasteiger partial charge in [0.2, 0.25) is 0 Å². The van der Waals surface area contributed by atoms with Crippen molar-refractivity contribution < 1.29 is 9.53 Å². The fraction of sp³-hybridized carbons (Fsp3) is 0.800. The average Bonchev–Trinajstić information content (AvgIpc) is 1.83. The molecular weight excluding hydrogens is 106 g/mol. The van der Waals surface area contributed by atoms with Crippen LogP contribution in [-0.4, -0.2) is 19.7 Å². The third kappa shape index (κ3) is 2.58. The van der Waals surface area contributed by atoms with Gasteiger partial charge >= 0.3 is 6.41 Å². The standard InChI is InChI=1S/C5H10NO2/c1-3-5(8-2)6-4-7/h5H,3H2,1-2H3,(H,6,7). The maximum atomic E-state index is 9.62. The lowest BCUT2D eigenvalue weighted by Gasteiger charge is -2.08. The molecule has 3 nitrogen and oxygen atoms in total. The molecule has 3 heteroatoms. The van der Waals surface area contributed by atoms with Gasteiger partial charge in [0.15, 0.2) is 0 Å². The molecule has 0 saturated carbocycles. The Bertz CT molecular complexity index is 61.4. The van der Waals surface area contributed by atoms with Gasteiger partial charge in [0.1, 0.15) is 6.23 Å². The van der Waals surface area contributed by atoms with Crippen LogP contribution in [0.3, 0.4) is 0 Å². The second-order valence-corrected chi connectivity index (χ2v) is 1.38. The van der Waals surface area contributed by atoms with Crippen LogP contribution in [0.25, 0.3) is 0 Å². The lowest BCUT2D eigenvalue weighted by atomic mass is 10.4. The minimum Gasteiger partial charge on any atom is -0.362 e. The van der Waals surface area contributed by atoms with E-state index in [1.54, 1.807) is 13.5 Å². The lowest BCUT2D eigenvalue weighted by Crippen LogP contribution is -2.28. The van der Waals surface area contributed by atoms with Crippen LogP contribution in [0.1, 0.15) is 13.3 Å². The highest BCUT2D eigenvalue weighted by Gasteiger charge is 1.98. The molecule has 0 saturated heterocycles. The van der Waals surface area contributed by atoms with E-state index in [9.17, 15) is 4.79 Å². The minimum atomic E-state index is -0.174. The van der Waals surface area contributed by atoms with E-state index in [0.29, 0.717) is 0 Å². The highest BCUT2D eigenvalue weighted by Crippen LogP contribution is 1.86. The van der Waals surface area contributed by atoms with E-state index in [4.69, 9.17) is 4.74 Å². The first-order valence-electron chi connectivity index (χ1n) is 2.50. The van der Waals surface area contributed by atoms with E-state index in [-0.39, 0.29) is 6.23 Å². The third-order valence-corrected chi connectivity index (χ3v) is 0.875. The first-order chi connectivity index (χ1) is 3.85. The smallest absolute Gasteiger partial charge is 0.311 e. The van der Waals surface area contributed by atoms with Gasteiger partial charge in [-0.05, 0) is 6.42 Å². The largest absolute Gasteiger partial charge is 0.362 e. The molecule has 0 bridgehead atoms. The Hall–Kier alpha value is -0.570. The van der Waals surface area contributed by atoms with Crippen LogP contribution < -0.4 is 5.32 Å². The van der Waals surface area contributed by atoms with E-state index in [2.05, 4.69) is 5.32 Å². The van der Waals surface area contributed by atoms with Crippen molar-refractivity contribution in [3.05, 3.63) is 0 Å². The molecular formula is C5H10NO2. The summed E-state index contributed by atoms with van der Waals surface area (Å²) in [7, 11) is 1.54. The SMILES string of the molecule is CCC(N[C]=O)OC. The molecule has 0 heterocycles. The van der Waals surface area contributed by atoms with Crippen LogP contribution in [0.4, 0.5) is 0 Å². The molecule has 1 atom stereocenters. The molecule has 0 aromatic rings. The van der Waals surface area contributed by atoms with Gasteiger partial charge in [-0.2, -0.15) is 0 Å². The van der Waals surface area contributed by atoms with Crippen molar-refractivity contribution in [1.82, 2.24) is 5.32 Å². The predicted molar refractivity (Wildman–Crippen MR) is 29.9 cm³/mol. The molecule has 0 aliphatic heterocycles. The highest BCUT2D eigenvalue weighted by molar-refractivity contribution is 5.47. The summed E-state index contributed by atoms with van der Waals surface area (Å²) in [6.45, 7) is 1.92. The zero-order valence-electron chi connectivity index (χ0n) is 5.10. The molecule has 0 rings (SSSR count). The van der Waals surface area contributed by atoms with Crippen molar-refractivity contribution >= 4 is 6.41 Å². The Labute approximate surface area is 49.0 Å². The van der Waals surface area contributed by atoms with Gasteiger partial charge in [-0.3, -0.25) is 4.79 Å². The number of rotatable bonds is 4. The Morgan fingerprint density at radius 1 is 1.88 bits per heavy atom. The van der Waals surface area contributed by atoms with Crippen molar-refractivity contribution in [2.75, 3.05) is 7.11 Å². The van der Waals surface area contributed by atoms with E-state index >= 15 is 0 Å². The maximum Gasteiger partial charge on any atom is 0.311 e. The second-order valence-electron chi connectivity index (χ2n) is 1.38. The Balaban J connectivity index is 3.20. The first kappa shape index (κ1) is 7.43. The zero-order chi connectivity index (χ0) is 6.41. The molecule has 1 radical (unpaired) electrons. The number of hydrogen-bond donors (Lipinski definition) is 1. The van der Waals surface area contributed by atoms with Crippen LogP contribution in [-0.2, 0) is 9.53 Å². The maximum absolute atomic E-state index is 9.62. The van der Waals surface area contributed by atoms with Crippen LogP contribution in [0.5, 0.6) is 0 Å². The van der Waals surface area contributed by atoms with Gasteiger partial charge in [-0.15, -0.1) is 0 Å². The number of hydrogen-bond acceptors (Lipinski definition) is 2. The summed E-state index contributed by atoms with van der Waals surface area (Å²) in [5.41, 5.74) is 0. The summed E-state index contributed by atoms with van der Waals surface area (Å²) < 4.78 is 4.77. The van der Waals surface area contributed by atoms with Gasteiger partial charge in [0.25, 0.3) is 0 Å². The van der Waals surface area contributed by atoms with Crippen molar-refractivity contribution in [3.8, 4) is 0 Å². The van der Waals surface area contributed by atoms with Gasteiger partial charge in [0, 0.05) is 7.11 Å². The highest BCUT2D eigenvalue weighted by atomic mass is 16.5. The molecule has 0 aromatic heterocycles. The first-order valence-corrected chi connectivity index (χ1v) is 2.50. The monoisotopic (exact) mass is 116 g/mol. The molecule has 8 heavy (non-hydrogen) atoms. The van der Waals surface area contributed by atoms with Gasteiger partial charge in [0.05, 0.1) is 0 Å². The fourth-order valence-electron chi connectivity index (χ4n) is 0.393. The molecule has 0 fully saturated rings. The summed E-state index contributed by atoms with van der Waals surface area (Å²) in [5, 5.41) is 2.35. The zero-order valence-corrected chi connectivity index (χ0v) is 5.10. The van der Waals surface area contributed by atoms with E-state index in [1.165, 1.54) is 0 Å². The topological polar surface area (TPSA) is 38.3 Å². The molecule has 0 aromatic carbocycles. The normalized spacial score (nSPS) is 12.8. The predicted octanol–water partition coefficient (Wildman–Crippen LogP) is 0.0257. The summed E-state index contributed by atoms with van der Waals surface area (Å²) in [6, 6.07) is 0. The molecule has 47 valence electrons. The summed E-state index contributed by atoms with van der Waals surface area (Å²) in [4.78, 5) is 9.62. The number of nitrogens with one attached hydrogen (secondary N) is 1. The molecule has 0 spiro atoms. The van der Waals surface area contributed by atoms with Crippen LogP contribution >= 0.6 is 0 Å². The van der Waals surface area contributed by atoms with E-state index in [1.807, 2.05) is 6.92 Å². The quantitative estimate of drug-likeness (QED) is 0.415. The summed E-state index contributed by atoms with van der Waals surface area (Å²) in [6.07, 6.45) is 2.14. The molecule has 0 aliphatic carbocycles. The minimum absolute atomic E-state index is 0.174. The van der Waals surface area contributed by atoms with Gasteiger partial charge < -0.3 is 10.1 Å². The van der Waals surface area contributed by atoms with Crippen LogP contribution in [0.2, 0.25) is 0 Å². The Morgan fingerprint density at radius 3 is 2.62 bits per heavy atom. The lowest BCUT2D eigenvalue weighted by molar-refractivity contribution is 0.0870. The fourth-order valence-corrected chi connectivity index (χ4v) is 0.393. The third-order valence-electron chi connectivity index (χ3n) is 0.875. The van der Waals surface area contributed by atoms with Gasteiger partial charge in [-0.25, -0.2) is 0 Å². The molecule has 0 aliphatic rings. The molecule has 1 amide bonds. The number of ether oxygens (including phenoxy) is 1. The summed E-state index contributed by atoms with van der Waals surface area (Å²) >= 11 is 0. The van der Waals surface area contributed by atoms with Crippen molar-refractivity contribution in [1.29, 1.82) is 0 Å². The Kier molecular flexibility index (Phi) is 4.26. The Morgan fingerprint density at radius 2 is 2.50 bits per heavy atom.